The van der Waals surface area contributed by atoms with Crippen LogP contribution in [-0.4, -0.2) is 18.9 Å². The molecule has 0 aliphatic rings. The van der Waals surface area contributed by atoms with Crippen LogP contribution >= 0.6 is 0 Å². The third-order valence-electron chi connectivity index (χ3n) is 2.53. The molecule has 0 radical (unpaired) electrons. The van der Waals surface area contributed by atoms with E-state index < -0.39 is 0 Å². The van der Waals surface area contributed by atoms with Gasteiger partial charge in [-0.2, -0.15) is 0 Å². The summed E-state index contributed by atoms with van der Waals surface area (Å²) in [5, 5.41) is 10.6. The largest absolute Gasteiger partial charge is 0.388 e. The predicted molar refractivity (Wildman–Crippen MR) is 58.0 cm³/mol. The van der Waals surface area contributed by atoms with Crippen LogP contribution in [0, 0.1) is 17.2 Å². The monoisotopic (exact) mass is 185 g/mol. The van der Waals surface area contributed by atoms with E-state index in [2.05, 4.69) is 26.1 Å². The number of amidine groups is 1. The predicted octanol–water partition coefficient (Wildman–Crippen LogP) is 1.58. The first-order chi connectivity index (χ1) is 6.11. The minimum atomic E-state index is 0.315. The summed E-state index contributed by atoms with van der Waals surface area (Å²) in [6, 6.07) is 0. The summed E-state index contributed by atoms with van der Waals surface area (Å²) in [5.74, 6) is 1.47. The summed E-state index contributed by atoms with van der Waals surface area (Å²) < 4.78 is 0. The Morgan fingerprint density at radius 3 is 2.46 bits per heavy atom. The normalized spacial score (nSPS) is 15.3. The second-order valence-electron chi connectivity index (χ2n) is 3.68. The first kappa shape index (κ1) is 12.4. The fraction of sp³-hybridized carbons (Fsp3) is 0.900. The lowest BCUT2D eigenvalue weighted by atomic mass is 9.88. The van der Waals surface area contributed by atoms with Gasteiger partial charge in [-0.1, -0.05) is 27.2 Å². The highest BCUT2D eigenvalue weighted by molar-refractivity contribution is 5.77. The van der Waals surface area contributed by atoms with Gasteiger partial charge in [-0.05, 0) is 24.9 Å². The summed E-state index contributed by atoms with van der Waals surface area (Å²) in [5.41, 5.74) is 5.40. The third kappa shape index (κ3) is 5.64. The average Bonchev–Trinajstić information content (AvgIpc) is 2.09. The van der Waals surface area contributed by atoms with Crippen LogP contribution in [0.3, 0.4) is 0 Å². The SMILES string of the molecule is CCNCC(C)C(CC)CC(=N)N. The van der Waals surface area contributed by atoms with E-state index in [-0.39, 0.29) is 0 Å². The first-order valence-corrected chi connectivity index (χ1v) is 5.15. The summed E-state index contributed by atoms with van der Waals surface area (Å²) in [7, 11) is 0. The molecular formula is C10H23N3. The zero-order valence-corrected chi connectivity index (χ0v) is 9.06. The van der Waals surface area contributed by atoms with E-state index in [1.165, 1.54) is 0 Å². The van der Waals surface area contributed by atoms with Crippen molar-refractivity contribution in [2.75, 3.05) is 13.1 Å². The maximum absolute atomic E-state index is 7.26. The van der Waals surface area contributed by atoms with Crippen LogP contribution in [0.4, 0.5) is 0 Å². The van der Waals surface area contributed by atoms with Gasteiger partial charge in [0.1, 0.15) is 0 Å². The van der Waals surface area contributed by atoms with Crippen molar-refractivity contribution < 1.29 is 0 Å². The highest BCUT2D eigenvalue weighted by Crippen LogP contribution is 2.18. The second kappa shape index (κ2) is 6.89. The molecule has 3 nitrogen and oxygen atoms in total. The minimum absolute atomic E-state index is 0.315. The highest BCUT2D eigenvalue weighted by Gasteiger charge is 2.15. The molecule has 0 amide bonds. The molecule has 0 aromatic carbocycles. The minimum Gasteiger partial charge on any atom is -0.388 e. The molecule has 0 aromatic rings. The summed E-state index contributed by atoms with van der Waals surface area (Å²) >= 11 is 0. The Morgan fingerprint density at radius 2 is 2.08 bits per heavy atom. The van der Waals surface area contributed by atoms with Gasteiger partial charge < -0.3 is 11.1 Å². The van der Waals surface area contributed by atoms with Crippen molar-refractivity contribution in [3.8, 4) is 0 Å². The van der Waals surface area contributed by atoms with Crippen LogP contribution in [0.1, 0.15) is 33.6 Å². The number of rotatable bonds is 7. The van der Waals surface area contributed by atoms with Crippen molar-refractivity contribution in [1.29, 1.82) is 5.41 Å². The molecule has 4 N–H and O–H groups in total. The molecule has 0 aliphatic heterocycles. The second-order valence-corrected chi connectivity index (χ2v) is 3.68. The van der Waals surface area contributed by atoms with Gasteiger partial charge in [0.05, 0.1) is 5.84 Å². The number of nitrogens with two attached hydrogens (primary N) is 1. The lowest BCUT2D eigenvalue weighted by molar-refractivity contribution is 0.342. The molecule has 0 fully saturated rings. The Bertz CT molecular complexity index is 145. The van der Waals surface area contributed by atoms with E-state index in [9.17, 15) is 0 Å². The summed E-state index contributed by atoms with van der Waals surface area (Å²) in [6.45, 7) is 8.54. The van der Waals surface area contributed by atoms with Gasteiger partial charge in [0.15, 0.2) is 0 Å². The fourth-order valence-electron chi connectivity index (χ4n) is 1.57. The van der Waals surface area contributed by atoms with Crippen LogP contribution in [0.25, 0.3) is 0 Å². The molecule has 0 spiro atoms. The topological polar surface area (TPSA) is 61.9 Å². The molecule has 0 heterocycles. The number of hydrogen-bond donors (Lipinski definition) is 3. The molecule has 78 valence electrons. The van der Waals surface area contributed by atoms with Gasteiger partial charge in [0, 0.05) is 6.42 Å². The van der Waals surface area contributed by atoms with Gasteiger partial charge in [-0.3, -0.25) is 5.41 Å². The summed E-state index contributed by atoms with van der Waals surface area (Å²) in [4.78, 5) is 0. The van der Waals surface area contributed by atoms with Gasteiger partial charge in [0.2, 0.25) is 0 Å². The Hall–Kier alpha value is -0.570. The Balaban J connectivity index is 3.84. The molecule has 2 unspecified atom stereocenters. The molecule has 0 aliphatic carbocycles. The van der Waals surface area contributed by atoms with Crippen LogP contribution in [0.15, 0.2) is 0 Å². The van der Waals surface area contributed by atoms with Gasteiger partial charge in [0.25, 0.3) is 0 Å². The van der Waals surface area contributed by atoms with Gasteiger partial charge >= 0.3 is 0 Å². The van der Waals surface area contributed by atoms with E-state index in [4.69, 9.17) is 11.1 Å². The Labute approximate surface area is 81.6 Å². The zero-order valence-electron chi connectivity index (χ0n) is 9.06. The zero-order chi connectivity index (χ0) is 10.3. The van der Waals surface area contributed by atoms with E-state index in [0.29, 0.717) is 17.7 Å². The van der Waals surface area contributed by atoms with Crippen LogP contribution < -0.4 is 11.1 Å². The van der Waals surface area contributed by atoms with Crippen molar-refractivity contribution in [1.82, 2.24) is 5.32 Å². The standard InChI is InChI=1S/C10H23N3/c1-4-9(6-10(11)12)8(3)7-13-5-2/h8-9,13H,4-7H2,1-3H3,(H3,11,12). The molecule has 0 rings (SSSR count). The van der Waals surface area contributed by atoms with E-state index >= 15 is 0 Å². The Kier molecular flexibility index (Phi) is 6.59. The summed E-state index contributed by atoms with van der Waals surface area (Å²) in [6.07, 6.45) is 1.84. The van der Waals surface area contributed by atoms with Crippen molar-refractivity contribution in [3.63, 3.8) is 0 Å². The molecule has 13 heavy (non-hydrogen) atoms. The van der Waals surface area contributed by atoms with Crippen molar-refractivity contribution in [2.45, 2.75) is 33.6 Å². The average molecular weight is 185 g/mol. The first-order valence-electron chi connectivity index (χ1n) is 5.15. The molecule has 2 atom stereocenters. The lowest BCUT2D eigenvalue weighted by Gasteiger charge is -2.22. The van der Waals surface area contributed by atoms with Crippen molar-refractivity contribution in [3.05, 3.63) is 0 Å². The van der Waals surface area contributed by atoms with Gasteiger partial charge in [-0.15, -0.1) is 0 Å². The molecule has 0 saturated heterocycles. The van der Waals surface area contributed by atoms with Crippen molar-refractivity contribution >= 4 is 5.84 Å². The van der Waals surface area contributed by atoms with E-state index in [1.54, 1.807) is 0 Å². The highest BCUT2D eigenvalue weighted by atomic mass is 14.8. The molecule has 0 bridgehead atoms. The smallest absolute Gasteiger partial charge is 0.0908 e. The van der Waals surface area contributed by atoms with Crippen LogP contribution in [-0.2, 0) is 0 Å². The fourth-order valence-corrected chi connectivity index (χ4v) is 1.57. The quantitative estimate of drug-likeness (QED) is 0.416. The van der Waals surface area contributed by atoms with Crippen LogP contribution in [0.2, 0.25) is 0 Å². The molecule has 3 heteroatoms. The molecular weight excluding hydrogens is 162 g/mol. The number of nitrogens with one attached hydrogen (secondary N) is 2. The molecule has 0 saturated carbocycles. The number of hydrogen-bond acceptors (Lipinski definition) is 2. The lowest BCUT2D eigenvalue weighted by Crippen LogP contribution is -2.28. The van der Waals surface area contributed by atoms with E-state index in [0.717, 1.165) is 25.9 Å². The third-order valence-corrected chi connectivity index (χ3v) is 2.53. The van der Waals surface area contributed by atoms with E-state index in [1.807, 2.05) is 0 Å². The maximum atomic E-state index is 7.26. The van der Waals surface area contributed by atoms with Crippen molar-refractivity contribution in [2.24, 2.45) is 17.6 Å². The Morgan fingerprint density at radius 1 is 1.46 bits per heavy atom. The molecule has 0 aromatic heterocycles. The van der Waals surface area contributed by atoms with Gasteiger partial charge in [-0.25, -0.2) is 0 Å². The maximum Gasteiger partial charge on any atom is 0.0908 e. The van der Waals surface area contributed by atoms with Crippen LogP contribution in [0.5, 0.6) is 0 Å².